The second-order valence-corrected chi connectivity index (χ2v) is 4.67. The van der Waals surface area contributed by atoms with E-state index in [2.05, 4.69) is 10.6 Å². The number of carboxylic acids is 1. The molecule has 1 fully saturated rings. The molecule has 20 heavy (non-hydrogen) atoms. The molecule has 0 aromatic heterocycles. The molecule has 116 valence electrons. The summed E-state index contributed by atoms with van der Waals surface area (Å²) in [6.07, 6.45) is -6.25. The fourth-order valence-corrected chi connectivity index (χ4v) is 2.07. The fourth-order valence-electron chi connectivity index (χ4n) is 2.07. The molecule has 2 unspecified atom stereocenters. The quantitative estimate of drug-likeness (QED) is 0.649. The third kappa shape index (κ3) is 3.60. The smallest absolute Gasteiger partial charge is 0.404 e. The molecule has 1 amide bonds. The van der Waals surface area contributed by atoms with Crippen molar-refractivity contribution in [1.82, 2.24) is 10.6 Å². The lowest BCUT2D eigenvalue weighted by atomic mass is 9.85. The monoisotopic (exact) mass is 298 g/mol. The molecule has 0 spiro atoms. The molecule has 0 aromatic rings. The predicted molar refractivity (Wildman–Crippen MR) is 62.0 cm³/mol. The van der Waals surface area contributed by atoms with Crippen LogP contribution in [0.3, 0.4) is 0 Å². The van der Waals surface area contributed by atoms with E-state index in [0.717, 1.165) is 0 Å². The summed E-state index contributed by atoms with van der Waals surface area (Å²) in [6, 6.07) is 0. The summed E-state index contributed by atoms with van der Waals surface area (Å²) >= 11 is 0. The van der Waals surface area contributed by atoms with Gasteiger partial charge < -0.3 is 20.5 Å². The van der Waals surface area contributed by atoms with Crippen LogP contribution in [-0.4, -0.2) is 56.0 Å². The van der Waals surface area contributed by atoms with Gasteiger partial charge in [0.05, 0.1) is 12.5 Å². The number of hydrogen-bond donors (Lipinski definition) is 3. The Morgan fingerprint density at radius 1 is 1.50 bits per heavy atom. The summed E-state index contributed by atoms with van der Waals surface area (Å²) in [5.74, 6) is -2.30. The summed E-state index contributed by atoms with van der Waals surface area (Å²) in [4.78, 5) is 22.4. The van der Waals surface area contributed by atoms with Crippen LogP contribution < -0.4 is 10.6 Å². The van der Waals surface area contributed by atoms with Crippen molar-refractivity contribution in [2.24, 2.45) is 5.41 Å². The van der Waals surface area contributed by atoms with Gasteiger partial charge >= 0.3 is 12.1 Å². The number of carbonyl (C=O) groups excluding carboxylic acids is 1. The first-order valence-corrected chi connectivity index (χ1v) is 6.03. The average molecular weight is 298 g/mol. The molecule has 1 aliphatic heterocycles. The zero-order chi connectivity index (χ0) is 15.4. The van der Waals surface area contributed by atoms with Gasteiger partial charge in [-0.25, -0.2) is 0 Å². The highest BCUT2D eigenvalue weighted by Gasteiger charge is 2.61. The van der Waals surface area contributed by atoms with Gasteiger partial charge in [0.1, 0.15) is 0 Å². The summed E-state index contributed by atoms with van der Waals surface area (Å²) in [6.45, 7) is -0.645. The minimum absolute atomic E-state index is 0.107. The van der Waals surface area contributed by atoms with Gasteiger partial charge in [0.15, 0.2) is 5.41 Å². The first-order valence-electron chi connectivity index (χ1n) is 6.03. The molecular weight excluding hydrogens is 281 g/mol. The number of carboxylic acid groups (broad SMARTS) is 1. The third-order valence-corrected chi connectivity index (χ3v) is 3.36. The predicted octanol–water partition coefficient (Wildman–Crippen LogP) is 0.134. The second-order valence-electron chi connectivity index (χ2n) is 4.67. The van der Waals surface area contributed by atoms with Crippen molar-refractivity contribution in [3.05, 3.63) is 0 Å². The number of carbonyl (C=O) groups is 2. The molecule has 1 aliphatic rings. The molecule has 1 heterocycles. The number of amides is 1. The Balaban J connectivity index is 2.66. The molecule has 0 bridgehead atoms. The van der Waals surface area contributed by atoms with Crippen LogP contribution in [0, 0.1) is 5.41 Å². The van der Waals surface area contributed by atoms with Crippen molar-refractivity contribution in [3.63, 3.8) is 0 Å². The topological polar surface area (TPSA) is 87.7 Å². The number of ether oxygens (including phenoxy) is 1. The van der Waals surface area contributed by atoms with E-state index in [1.807, 2.05) is 0 Å². The number of aliphatic carboxylic acids is 1. The van der Waals surface area contributed by atoms with Crippen molar-refractivity contribution in [1.29, 1.82) is 0 Å². The van der Waals surface area contributed by atoms with E-state index in [1.54, 1.807) is 0 Å². The number of alkyl halides is 3. The highest BCUT2D eigenvalue weighted by Crippen LogP contribution is 2.43. The van der Waals surface area contributed by atoms with Crippen LogP contribution in [0.15, 0.2) is 0 Å². The van der Waals surface area contributed by atoms with Gasteiger partial charge in [0.2, 0.25) is 5.91 Å². The summed E-state index contributed by atoms with van der Waals surface area (Å²) in [5.41, 5.74) is -2.45. The van der Waals surface area contributed by atoms with Crippen molar-refractivity contribution in [2.45, 2.75) is 25.1 Å². The van der Waals surface area contributed by atoms with Gasteiger partial charge in [-0.15, -0.1) is 0 Å². The highest BCUT2D eigenvalue weighted by molar-refractivity contribution is 5.84. The number of rotatable bonds is 6. The zero-order valence-electron chi connectivity index (χ0n) is 10.9. The largest absolute Gasteiger partial charge is 0.481 e. The lowest BCUT2D eigenvalue weighted by Crippen LogP contribution is -2.53. The summed E-state index contributed by atoms with van der Waals surface area (Å²) < 4.78 is 44.0. The molecule has 1 saturated heterocycles. The molecular formula is C11H17F3N2O4. The van der Waals surface area contributed by atoms with Crippen LogP contribution in [0.25, 0.3) is 0 Å². The lowest BCUT2D eigenvalue weighted by molar-refractivity contribution is -0.216. The number of methoxy groups -OCH3 is 1. The zero-order valence-corrected chi connectivity index (χ0v) is 10.9. The third-order valence-electron chi connectivity index (χ3n) is 3.36. The number of halogens is 3. The van der Waals surface area contributed by atoms with Gasteiger partial charge in [-0.1, -0.05) is 0 Å². The summed E-state index contributed by atoms with van der Waals surface area (Å²) in [5, 5.41) is 13.3. The van der Waals surface area contributed by atoms with Gasteiger partial charge in [-0.05, 0) is 13.0 Å². The van der Waals surface area contributed by atoms with E-state index in [-0.39, 0.29) is 19.5 Å². The van der Waals surface area contributed by atoms with Gasteiger partial charge in [-0.2, -0.15) is 13.2 Å². The minimum atomic E-state index is -4.66. The van der Waals surface area contributed by atoms with E-state index >= 15 is 0 Å². The Hall–Kier alpha value is -1.35. The van der Waals surface area contributed by atoms with Crippen LogP contribution in [0.4, 0.5) is 13.2 Å². The van der Waals surface area contributed by atoms with Crippen LogP contribution in [0.2, 0.25) is 0 Å². The molecule has 1 rings (SSSR count). The maximum absolute atomic E-state index is 13.1. The Morgan fingerprint density at radius 2 is 2.15 bits per heavy atom. The van der Waals surface area contributed by atoms with Gasteiger partial charge in [0.25, 0.3) is 0 Å². The van der Waals surface area contributed by atoms with Gasteiger partial charge in [-0.3, -0.25) is 9.59 Å². The second kappa shape index (κ2) is 6.40. The van der Waals surface area contributed by atoms with E-state index in [4.69, 9.17) is 9.84 Å². The van der Waals surface area contributed by atoms with Crippen LogP contribution >= 0.6 is 0 Å². The van der Waals surface area contributed by atoms with Crippen LogP contribution in [0.5, 0.6) is 0 Å². The van der Waals surface area contributed by atoms with E-state index < -0.39 is 42.5 Å². The first-order chi connectivity index (χ1) is 9.23. The SMILES string of the molecule is COC(CNC(=O)C1(C(F)(F)F)CCNC1)CC(=O)O. The first kappa shape index (κ1) is 16.7. The van der Waals surface area contributed by atoms with Crippen molar-refractivity contribution >= 4 is 11.9 Å². The number of nitrogens with one attached hydrogen (secondary N) is 2. The lowest BCUT2D eigenvalue weighted by Gasteiger charge is -2.30. The Labute approximate surface area is 113 Å². The van der Waals surface area contributed by atoms with E-state index in [0.29, 0.717) is 0 Å². The van der Waals surface area contributed by atoms with Crippen molar-refractivity contribution in [3.8, 4) is 0 Å². The molecule has 9 heteroatoms. The summed E-state index contributed by atoms with van der Waals surface area (Å²) in [7, 11) is 1.23. The van der Waals surface area contributed by atoms with Crippen LogP contribution in [-0.2, 0) is 14.3 Å². The van der Waals surface area contributed by atoms with E-state index in [9.17, 15) is 22.8 Å². The molecule has 6 nitrogen and oxygen atoms in total. The maximum Gasteiger partial charge on any atom is 0.404 e. The standard InChI is InChI=1S/C11H17F3N2O4/c1-20-7(4-8(17)18)5-16-9(19)10(11(12,13)14)2-3-15-6-10/h7,15H,2-6H2,1H3,(H,16,19)(H,17,18). The molecule has 0 saturated carbocycles. The maximum atomic E-state index is 13.1. The molecule has 3 N–H and O–H groups in total. The minimum Gasteiger partial charge on any atom is -0.481 e. The fraction of sp³-hybridized carbons (Fsp3) is 0.818. The number of hydrogen-bond acceptors (Lipinski definition) is 4. The van der Waals surface area contributed by atoms with Gasteiger partial charge in [0, 0.05) is 20.2 Å². The van der Waals surface area contributed by atoms with Crippen LogP contribution in [0.1, 0.15) is 12.8 Å². The Kier molecular flexibility index (Phi) is 5.35. The normalized spacial score (nSPS) is 24.4. The van der Waals surface area contributed by atoms with E-state index in [1.165, 1.54) is 7.11 Å². The molecule has 2 atom stereocenters. The molecule has 0 radical (unpaired) electrons. The molecule has 0 aliphatic carbocycles. The van der Waals surface area contributed by atoms with Crippen molar-refractivity contribution in [2.75, 3.05) is 26.7 Å². The average Bonchev–Trinajstić information content (AvgIpc) is 2.83. The van der Waals surface area contributed by atoms with Crippen molar-refractivity contribution < 1.29 is 32.6 Å². The highest BCUT2D eigenvalue weighted by atomic mass is 19.4. The Bertz CT molecular complexity index is 367. The Morgan fingerprint density at radius 3 is 2.55 bits per heavy atom. The molecule has 0 aromatic carbocycles.